The first kappa shape index (κ1) is 14.0. The Morgan fingerprint density at radius 2 is 2.05 bits per heavy atom. The molecule has 0 aliphatic heterocycles. The maximum atomic E-state index is 12.5. The monoisotopic (exact) mass is 296 g/mol. The minimum atomic E-state index is -4.85. The normalized spacial score (nSPS) is 18.6. The number of nitrogens with one attached hydrogen (secondary N) is 1. The predicted octanol–water partition coefficient (Wildman–Crippen LogP) is 3.23. The van der Waals surface area contributed by atoms with E-state index in [0.29, 0.717) is 6.42 Å². The van der Waals surface area contributed by atoms with Gasteiger partial charge in [-0.2, -0.15) is 13.2 Å². The van der Waals surface area contributed by atoms with E-state index in [1.807, 2.05) is 35.9 Å². The molecule has 1 aromatic carbocycles. The maximum Gasteiger partial charge on any atom is 0.471 e. The Balaban J connectivity index is 2.06. The largest absolute Gasteiger partial charge is 0.471 e. The van der Waals surface area contributed by atoms with E-state index in [2.05, 4.69) is 5.32 Å². The highest BCUT2D eigenvalue weighted by molar-refractivity contribution is 5.88. The van der Waals surface area contributed by atoms with Crippen LogP contribution in [0.5, 0.6) is 0 Å². The van der Waals surface area contributed by atoms with Crippen molar-refractivity contribution < 1.29 is 18.0 Å². The Morgan fingerprint density at radius 3 is 2.76 bits per heavy atom. The second-order valence-electron chi connectivity index (χ2n) is 5.35. The number of amides is 1. The third-order valence-electron chi connectivity index (χ3n) is 4.09. The number of nitrogens with zero attached hydrogens (tertiary/aromatic N) is 1. The first-order valence-corrected chi connectivity index (χ1v) is 6.83. The highest BCUT2D eigenvalue weighted by Crippen LogP contribution is 2.37. The number of fused-ring (bicyclic) bond motifs is 3. The van der Waals surface area contributed by atoms with Gasteiger partial charge in [0.25, 0.3) is 0 Å². The van der Waals surface area contributed by atoms with Crippen LogP contribution >= 0.6 is 0 Å². The molecule has 0 saturated heterocycles. The Hall–Kier alpha value is -1.98. The minimum Gasteiger partial charge on any atom is -0.347 e. The van der Waals surface area contributed by atoms with E-state index in [1.54, 1.807) is 0 Å². The second-order valence-corrected chi connectivity index (χ2v) is 5.35. The van der Waals surface area contributed by atoms with Crippen LogP contribution in [0.1, 0.15) is 30.1 Å². The van der Waals surface area contributed by atoms with Crippen LogP contribution in [-0.2, 0) is 18.3 Å². The van der Waals surface area contributed by atoms with E-state index < -0.39 is 18.1 Å². The van der Waals surface area contributed by atoms with Crippen LogP contribution in [0.15, 0.2) is 24.3 Å². The van der Waals surface area contributed by atoms with Crippen molar-refractivity contribution in [2.75, 3.05) is 0 Å². The molecule has 2 aromatic rings. The molecule has 1 heterocycles. The third kappa shape index (κ3) is 2.28. The molecule has 1 N–H and O–H groups in total. The van der Waals surface area contributed by atoms with Crippen LogP contribution in [0, 0.1) is 0 Å². The summed E-state index contributed by atoms with van der Waals surface area (Å²) >= 11 is 0. The van der Waals surface area contributed by atoms with Gasteiger partial charge in [0.2, 0.25) is 0 Å². The molecule has 1 aromatic heterocycles. The average Bonchev–Trinajstić information content (AvgIpc) is 2.73. The van der Waals surface area contributed by atoms with Crippen molar-refractivity contribution in [1.29, 1.82) is 0 Å². The molecule has 0 radical (unpaired) electrons. The zero-order valence-electron chi connectivity index (χ0n) is 11.5. The topological polar surface area (TPSA) is 34.0 Å². The lowest BCUT2D eigenvalue weighted by Gasteiger charge is -2.25. The molecular formula is C15H15F3N2O. The summed E-state index contributed by atoms with van der Waals surface area (Å²) in [5.41, 5.74) is 2.82. The molecule has 0 fully saturated rings. The maximum absolute atomic E-state index is 12.5. The quantitative estimate of drug-likeness (QED) is 0.861. The van der Waals surface area contributed by atoms with Gasteiger partial charge in [0, 0.05) is 29.2 Å². The molecule has 1 aliphatic carbocycles. The fourth-order valence-electron chi connectivity index (χ4n) is 3.17. The summed E-state index contributed by atoms with van der Waals surface area (Å²) in [7, 11) is 1.91. The Labute approximate surface area is 119 Å². The van der Waals surface area contributed by atoms with Gasteiger partial charge in [0.15, 0.2) is 0 Å². The van der Waals surface area contributed by atoms with E-state index in [9.17, 15) is 18.0 Å². The summed E-state index contributed by atoms with van der Waals surface area (Å²) in [4.78, 5) is 11.2. The van der Waals surface area contributed by atoms with Crippen molar-refractivity contribution in [3.05, 3.63) is 35.5 Å². The van der Waals surface area contributed by atoms with Gasteiger partial charge in [-0.1, -0.05) is 18.2 Å². The van der Waals surface area contributed by atoms with E-state index in [1.165, 1.54) is 0 Å². The highest BCUT2D eigenvalue weighted by atomic mass is 19.4. The van der Waals surface area contributed by atoms with Crippen molar-refractivity contribution in [3.63, 3.8) is 0 Å². The molecule has 1 atom stereocenters. The van der Waals surface area contributed by atoms with Crippen molar-refractivity contribution in [2.45, 2.75) is 31.5 Å². The molecule has 0 saturated carbocycles. The van der Waals surface area contributed by atoms with Crippen molar-refractivity contribution in [2.24, 2.45) is 7.05 Å². The number of hydrogen-bond donors (Lipinski definition) is 1. The number of carbonyl (C=O) groups is 1. The van der Waals surface area contributed by atoms with Gasteiger partial charge in [-0.15, -0.1) is 0 Å². The summed E-state index contributed by atoms with van der Waals surface area (Å²) < 4.78 is 39.5. The van der Waals surface area contributed by atoms with Gasteiger partial charge in [-0.05, 0) is 25.3 Å². The number of aromatic nitrogens is 1. The summed E-state index contributed by atoms with van der Waals surface area (Å²) in [6.45, 7) is 0. The molecule has 21 heavy (non-hydrogen) atoms. The first-order valence-electron chi connectivity index (χ1n) is 6.83. The van der Waals surface area contributed by atoms with Crippen LogP contribution in [0.25, 0.3) is 10.9 Å². The van der Waals surface area contributed by atoms with Crippen LogP contribution in [0.4, 0.5) is 13.2 Å². The Morgan fingerprint density at radius 1 is 1.33 bits per heavy atom. The fourth-order valence-corrected chi connectivity index (χ4v) is 3.17. The molecular weight excluding hydrogens is 281 g/mol. The number of rotatable bonds is 1. The SMILES string of the molecule is Cn1c2c(c3ccccc31)C(NC(=O)C(F)(F)F)CCC2. The molecule has 1 unspecified atom stereocenters. The van der Waals surface area contributed by atoms with Gasteiger partial charge in [0.05, 0.1) is 6.04 Å². The van der Waals surface area contributed by atoms with E-state index in [-0.39, 0.29) is 0 Å². The van der Waals surface area contributed by atoms with E-state index >= 15 is 0 Å². The molecule has 112 valence electrons. The number of aryl methyl sites for hydroxylation is 1. The molecule has 6 heteroatoms. The lowest BCUT2D eigenvalue weighted by molar-refractivity contribution is -0.174. The van der Waals surface area contributed by atoms with Gasteiger partial charge in [-0.25, -0.2) is 0 Å². The molecule has 1 amide bonds. The highest BCUT2D eigenvalue weighted by Gasteiger charge is 2.41. The minimum absolute atomic E-state index is 0.531. The molecule has 0 bridgehead atoms. The Bertz CT molecular complexity index is 703. The fraction of sp³-hybridized carbons (Fsp3) is 0.400. The van der Waals surface area contributed by atoms with Crippen molar-refractivity contribution in [3.8, 4) is 0 Å². The number of benzene rings is 1. The first-order chi connectivity index (χ1) is 9.89. The van der Waals surface area contributed by atoms with Crippen LogP contribution in [0.3, 0.4) is 0 Å². The molecule has 3 rings (SSSR count). The number of alkyl halides is 3. The zero-order valence-corrected chi connectivity index (χ0v) is 11.5. The van der Waals surface area contributed by atoms with Crippen LogP contribution in [-0.4, -0.2) is 16.7 Å². The van der Waals surface area contributed by atoms with Crippen LogP contribution < -0.4 is 5.32 Å². The summed E-state index contributed by atoms with van der Waals surface area (Å²) in [6, 6.07) is 7.02. The predicted molar refractivity (Wildman–Crippen MR) is 72.8 cm³/mol. The lowest BCUT2D eigenvalue weighted by atomic mass is 9.90. The van der Waals surface area contributed by atoms with Gasteiger partial charge < -0.3 is 9.88 Å². The molecule has 0 spiro atoms. The summed E-state index contributed by atoms with van der Waals surface area (Å²) in [5.74, 6) is -1.87. The Kier molecular flexibility index (Phi) is 3.19. The standard InChI is InChI=1S/C15H15F3N2O/c1-20-11-7-3-2-5-9(11)13-10(6-4-8-12(13)20)19-14(21)15(16,17)18/h2-3,5,7,10H,4,6,8H2,1H3,(H,19,21). The zero-order chi connectivity index (χ0) is 15.2. The number of halogens is 3. The number of hydrogen-bond acceptors (Lipinski definition) is 1. The second kappa shape index (κ2) is 4.79. The number of carbonyl (C=O) groups excluding carboxylic acids is 1. The molecule has 3 nitrogen and oxygen atoms in total. The van der Waals surface area contributed by atoms with E-state index in [4.69, 9.17) is 0 Å². The number of para-hydroxylation sites is 1. The van der Waals surface area contributed by atoms with Gasteiger partial charge in [-0.3, -0.25) is 4.79 Å². The average molecular weight is 296 g/mol. The summed E-state index contributed by atoms with van der Waals surface area (Å²) in [5, 5.41) is 3.06. The van der Waals surface area contributed by atoms with Crippen molar-refractivity contribution >= 4 is 16.8 Å². The lowest BCUT2D eigenvalue weighted by Crippen LogP contribution is -2.40. The smallest absolute Gasteiger partial charge is 0.347 e. The van der Waals surface area contributed by atoms with Crippen molar-refractivity contribution in [1.82, 2.24) is 9.88 Å². The van der Waals surface area contributed by atoms with Gasteiger partial charge in [0.1, 0.15) is 0 Å². The van der Waals surface area contributed by atoms with Crippen LogP contribution in [0.2, 0.25) is 0 Å². The van der Waals surface area contributed by atoms with Gasteiger partial charge >= 0.3 is 12.1 Å². The van der Waals surface area contributed by atoms with E-state index in [0.717, 1.165) is 35.0 Å². The summed E-state index contributed by atoms with van der Waals surface area (Å²) in [6.07, 6.45) is -2.73. The third-order valence-corrected chi connectivity index (χ3v) is 4.09. The molecule has 1 aliphatic rings.